The van der Waals surface area contributed by atoms with Gasteiger partial charge in [-0.3, -0.25) is 5.32 Å². The third-order valence-corrected chi connectivity index (χ3v) is 5.09. The predicted molar refractivity (Wildman–Crippen MR) is 115 cm³/mol. The molecule has 11 heteroatoms. The number of amides is 2. The zero-order valence-electron chi connectivity index (χ0n) is 17.5. The van der Waals surface area contributed by atoms with E-state index >= 15 is 0 Å². The number of anilines is 1. The lowest BCUT2D eigenvalue weighted by molar-refractivity contribution is 0.0527. The maximum Gasteiger partial charge on any atom is 0.348 e. The fourth-order valence-electron chi connectivity index (χ4n) is 2.51. The topological polar surface area (TPSA) is 136 Å². The molecule has 0 spiro atoms. The second kappa shape index (κ2) is 11.0. The van der Waals surface area contributed by atoms with Gasteiger partial charge in [0.1, 0.15) is 9.88 Å². The van der Waals surface area contributed by atoms with Crippen LogP contribution in [0.15, 0.2) is 23.3 Å². The molecular weight excluding hydrogens is 426 g/mol. The Morgan fingerprint density at radius 2 is 1.84 bits per heavy atom. The van der Waals surface area contributed by atoms with Gasteiger partial charge in [0, 0.05) is 0 Å². The Morgan fingerprint density at radius 3 is 2.48 bits per heavy atom. The maximum atomic E-state index is 12.3. The first kappa shape index (κ1) is 23.7. The van der Waals surface area contributed by atoms with Crippen LogP contribution in [0, 0.1) is 6.92 Å². The molecule has 31 heavy (non-hydrogen) atoms. The van der Waals surface area contributed by atoms with Crippen molar-refractivity contribution >= 4 is 40.5 Å². The number of urea groups is 1. The lowest BCUT2D eigenvalue weighted by atomic mass is 10.1. The van der Waals surface area contributed by atoms with Gasteiger partial charge in [-0.25, -0.2) is 19.8 Å². The van der Waals surface area contributed by atoms with Crippen LogP contribution < -0.4 is 15.5 Å². The van der Waals surface area contributed by atoms with Gasteiger partial charge in [-0.1, -0.05) is 0 Å². The molecular formula is C20H23N3O7S. The first-order valence-corrected chi connectivity index (χ1v) is 10.1. The molecule has 0 saturated heterocycles. The lowest BCUT2D eigenvalue weighted by Gasteiger charge is -2.06. The number of nitrogens with zero attached hydrogens (tertiary/aromatic N) is 1. The van der Waals surface area contributed by atoms with E-state index in [0.29, 0.717) is 11.1 Å². The van der Waals surface area contributed by atoms with Crippen molar-refractivity contribution in [2.75, 3.05) is 25.6 Å². The molecule has 0 aliphatic carbocycles. The Hall–Kier alpha value is -3.60. The van der Waals surface area contributed by atoms with Gasteiger partial charge in [0.2, 0.25) is 0 Å². The van der Waals surface area contributed by atoms with Gasteiger partial charge in [-0.15, -0.1) is 11.3 Å². The van der Waals surface area contributed by atoms with Gasteiger partial charge in [0.15, 0.2) is 11.5 Å². The number of carbonyl (C=O) groups excluding carboxylic acids is 3. The summed E-state index contributed by atoms with van der Waals surface area (Å²) in [4.78, 5) is 37.0. The number of nitrogens with one attached hydrogen (secondary N) is 2. The van der Waals surface area contributed by atoms with Crippen LogP contribution in [-0.4, -0.2) is 49.6 Å². The average Bonchev–Trinajstić information content (AvgIpc) is 3.05. The number of hydrazone groups is 1. The molecule has 2 aromatic rings. The molecule has 10 nitrogen and oxygen atoms in total. The van der Waals surface area contributed by atoms with Crippen LogP contribution in [0.3, 0.4) is 0 Å². The van der Waals surface area contributed by atoms with Crippen molar-refractivity contribution in [3.8, 4) is 11.5 Å². The van der Waals surface area contributed by atoms with Crippen molar-refractivity contribution < 1.29 is 33.7 Å². The number of carbonyl (C=O) groups is 3. The minimum atomic E-state index is -0.732. The highest BCUT2D eigenvalue weighted by Crippen LogP contribution is 2.34. The fraction of sp³-hybridized carbons (Fsp3) is 0.300. The zero-order valence-corrected chi connectivity index (χ0v) is 18.3. The van der Waals surface area contributed by atoms with E-state index in [9.17, 15) is 19.5 Å². The molecule has 1 heterocycles. The maximum absolute atomic E-state index is 12.3. The number of thiophene rings is 1. The van der Waals surface area contributed by atoms with Crippen LogP contribution in [0.4, 0.5) is 9.80 Å². The summed E-state index contributed by atoms with van der Waals surface area (Å²) in [5.74, 6) is -1.03. The summed E-state index contributed by atoms with van der Waals surface area (Å²) in [6, 6.07) is 3.81. The molecule has 0 radical (unpaired) electrons. The normalized spacial score (nSPS) is 10.6. The second-order valence-corrected chi connectivity index (χ2v) is 6.98. The quantitative estimate of drug-likeness (QED) is 0.320. The number of aromatic hydroxyl groups is 1. The van der Waals surface area contributed by atoms with E-state index in [1.807, 2.05) is 0 Å². The van der Waals surface area contributed by atoms with Crippen molar-refractivity contribution in [1.82, 2.24) is 5.43 Å². The first-order chi connectivity index (χ1) is 14.8. The molecule has 1 aromatic carbocycles. The number of phenols is 1. The molecule has 0 atom stereocenters. The number of phenolic OH excluding ortho intramolecular Hbond substituents is 1. The second-order valence-electron chi connectivity index (χ2n) is 5.96. The van der Waals surface area contributed by atoms with E-state index in [4.69, 9.17) is 14.2 Å². The summed E-state index contributed by atoms with van der Waals surface area (Å²) in [5.41, 5.74) is 3.27. The Labute approximate surface area is 182 Å². The molecule has 0 unspecified atom stereocenters. The molecule has 2 rings (SSSR count). The largest absolute Gasteiger partial charge is 0.504 e. The monoisotopic (exact) mass is 449 g/mol. The first-order valence-electron chi connectivity index (χ1n) is 9.26. The van der Waals surface area contributed by atoms with Crippen LogP contribution in [-0.2, 0) is 9.47 Å². The Balaban J connectivity index is 2.18. The lowest BCUT2D eigenvalue weighted by Crippen LogP contribution is -2.24. The highest BCUT2D eigenvalue weighted by Gasteiger charge is 2.27. The highest BCUT2D eigenvalue weighted by molar-refractivity contribution is 7.18. The number of hydrogen-bond acceptors (Lipinski definition) is 9. The number of hydrogen-bond donors (Lipinski definition) is 3. The van der Waals surface area contributed by atoms with Crippen molar-refractivity contribution in [2.45, 2.75) is 20.8 Å². The highest BCUT2D eigenvalue weighted by atomic mass is 32.1. The summed E-state index contributed by atoms with van der Waals surface area (Å²) in [6.07, 6.45) is 1.34. The van der Waals surface area contributed by atoms with Crippen LogP contribution in [0.2, 0.25) is 0 Å². The van der Waals surface area contributed by atoms with E-state index in [-0.39, 0.29) is 40.2 Å². The minimum absolute atomic E-state index is 0.0256. The summed E-state index contributed by atoms with van der Waals surface area (Å²) >= 11 is 0.910. The number of esters is 2. The van der Waals surface area contributed by atoms with Crippen LogP contribution in [0.5, 0.6) is 11.5 Å². The van der Waals surface area contributed by atoms with Gasteiger partial charge in [0.05, 0.1) is 32.1 Å². The van der Waals surface area contributed by atoms with E-state index in [1.54, 1.807) is 26.8 Å². The summed E-state index contributed by atoms with van der Waals surface area (Å²) in [6.45, 7) is 5.20. The number of rotatable bonds is 8. The van der Waals surface area contributed by atoms with Crippen LogP contribution >= 0.6 is 11.3 Å². The predicted octanol–water partition coefficient (Wildman–Crippen LogP) is 3.28. The minimum Gasteiger partial charge on any atom is -0.504 e. The van der Waals surface area contributed by atoms with Crippen molar-refractivity contribution in [3.63, 3.8) is 0 Å². The summed E-state index contributed by atoms with van der Waals surface area (Å²) < 4.78 is 15.0. The molecule has 1 aromatic heterocycles. The van der Waals surface area contributed by atoms with Crippen molar-refractivity contribution in [2.24, 2.45) is 5.10 Å². The van der Waals surface area contributed by atoms with Crippen molar-refractivity contribution in [1.29, 1.82) is 0 Å². The molecule has 0 fully saturated rings. The third-order valence-electron chi connectivity index (χ3n) is 3.90. The van der Waals surface area contributed by atoms with Crippen LogP contribution in [0.1, 0.15) is 45.0 Å². The van der Waals surface area contributed by atoms with Gasteiger partial charge < -0.3 is 19.3 Å². The average molecular weight is 449 g/mol. The SMILES string of the molecule is CCOC(=O)c1sc(NC(=O)NN=Cc2ccc(O)c(OC)c2)c(C(=O)OCC)c1C. The van der Waals surface area contributed by atoms with E-state index < -0.39 is 18.0 Å². The Morgan fingerprint density at radius 1 is 1.16 bits per heavy atom. The smallest absolute Gasteiger partial charge is 0.348 e. The third kappa shape index (κ3) is 5.95. The van der Waals surface area contributed by atoms with E-state index in [0.717, 1.165) is 11.3 Å². The standard InChI is InChI=1S/C20H23N3O7S/c1-5-29-18(25)15-11(3)16(19(26)30-6-2)31-17(15)22-20(27)23-21-10-12-7-8-13(24)14(9-12)28-4/h7-10,24H,5-6H2,1-4H3,(H2,22,23,27). The van der Waals surface area contributed by atoms with E-state index in [2.05, 4.69) is 15.8 Å². The Kier molecular flexibility index (Phi) is 8.38. The zero-order chi connectivity index (χ0) is 23.0. The summed E-state index contributed by atoms with van der Waals surface area (Å²) in [5, 5.41) is 16.1. The molecule has 2 amide bonds. The Bertz CT molecular complexity index is 1000. The number of ether oxygens (including phenoxy) is 3. The van der Waals surface area contributed by atoms with Crippen LogP contribution in [0.25, 0.3) is 0 Å². The molecule has 166 valence electrons. The molecule has 0 saturated carbocycles. The molecule has 0 aliphatic heterocycles. The summed E-state index contributed by atoms with van der Waals surface area (Å²) in [7, 11) is 1.41. The van der Waals surface area contributed by atoms with Crippen molar-refractivity contribution in [3.05, 3.63) is 39.8 Å². The van der Waals surface area contributed by atoms with Gasteiger partial charge >= 0.3 is 18.0 Å². The number of benzene rings is 1. The number of methoxy groups -OCH3 is 1. The molecule has 0 aliphatic rings. The van der Waals surface area contributed by atoms with Gasteiger partial charge in [-0.05, 0) is 50.1 Å². The molecule has 3 N–H and O–H groups in total. The molecule has 0 bridgehead atoms. The fourth-order valence-corrected chi connectivity index (χ4v) is 3.60. The van der Waals surface area contributed by atoms with Gasteiger partial charge in [0.25, 0.3) is 0 Å². The van der Waals surface area contributed by atoms with Gasteiger partial charge in [-0.2, -0.15) is 5.10 Å². The van der Waals surface area contributed by atoms with E-state index in [1.165, 1.54) is 25.5 Å².